The summed E-state index contributed by atoms with van der Waals surface area (Å²) in [5.74, 6) is 0.321. The van der Waals surface area contributed by atoms with E-state index < -0.39 is 11.6 Å². The number of unbranched alkanes of at least 4 members (excludes halogenated alkanes) is 1. The second-order valence-electron chi connectivity index (χ2n) is 35.6. The number of aromatic hydroxyl groups is 2. The maximum atomic E-state index is 16.5. The molecule has 0 aliphatic rings. The predicted molar refractivity (Wildman–Crippen MR) is 404 cm³/mol. The zero-order valence-electron chi connectivity index (χ0n) is 62.6. The van der Waals surface area contributed by atoms with E-state index in [1.807, 2.05) is 13.8 Å². The first-order valence-electron chi connectivity index (χ1n) is 35.3. The lowest BCUT2D eigenvalue weighted by Crippen LogP contribution is -2.25. The van der Waals surface area contributed by atoms with Gasteiger partial charge in [0.15, 0.2) is 0 Å². The predicted octanol–water partition coefficient (Wildman–Crippen LogP) is 24.9. The first-order chi connectivity index (χ1) is 44.4. The monoisotopic (exact) mass is 1300 g/mol. The molecule has 0 radical (unpaired) electrons. The highest BCUT2D eigenvalue weighted by Gasteiger charge is 2.35. The van der Waals surface area contributed by atoms with E-state index in [4.69, 9.17) is 9.47 Å². The molecule has 10 rings (SSSR count). The third-order valence-corrected chi connectivity index (χ3v) is 19.8. The van der Waals surface area contributed by atoms with E-state index in [2.05, 4.69) is 259 Å². The number of aromatic nitrogens is 2. The summed E-state index contributed by atoms with van der Waals surface area (Å²) >= 11 is 0. The Morgan fingerprint density at radius 2 is 0.625 bits per heavy atom. The maximum absolute atomic E-state index is 16.5. The quantitative estimate of drug-likeness (QED) is 0.0892. The first kappa shape index (κ1) is 71.2. The van der Waals surface area contributed by atoms with E-state index in [0.717, 1.165) is 67.6 Å². The van der Waals surface area contributed by atoms with E-state index in [9.17, 15) is 10.2 Å². The van der Waals surface area contributed by atoms with E-state index in [0.29, 0.717) is 81.9 Å². The molecule has 0 unspecified atom stereocenters. The van der Waals surface area contributed by atoms with E-state index >= 15 is 8.78 Å². The highest BCUT2D eigenvalue weighted by molar-refractivity contribution is 6.11. The van der Waals surface area contributed by atoms with Gasteiger partial charge >= 0.3 is 0 Å². The number of aryl methyl sites for hydroxylation is 2. The summed E-state index contributed by atoms with van der Waals surface area (Å²) in [4.78, 5) is 0. The van der Waals surface area contributed by atoms with Gasteiger partial charge in [0.1, 0.15) is 34.6 Å². The Hall–Kier alpha value is -7.58. The number of ether oxygens (including phenoxy) is 2. The molecule has 0 amide bonds. The van der Waals surface area contributed by atoms with Gasteiger partial charge in [-0.05, 0) is 199 Å². The summed E-state index contributed by atoms with van der Waals surface area (Å²) in [6.45, 7) is 53.9. The largest absolute Gasteiger partial charge is 0.505 e. The van der Waals surface area contributed by atoms with Gasteiger partial charge in [-0.15, -0.1) is 0 Å². The Bertz CT molecular complexity index is 4170. The van der Waals surface area contributed by atoms with Gasteiger partial charge in [-0.25, -0.2) is 8.78 Å². The molecule has 0 bridgehead atoms. The number of fused-ring (bicyclic) bond motifs is 6. The molecule has 0 fully saturated rings. The molecule has 2 heterocycles. The van der Waals surface area contributed by atoms with E-state index in [1.165, 1.54) is 34.4 Å². The number of phenolic OH excluding ortho intramolecular Hbond substituents is 2. The van der Waals surface area contributed by atoms with Crippen LogP contribution in [0.25, 0.3) is 77.2 Å². The summed E-state index contributed by atoms with van der Waals surface area (Å²) in [5.41, 5.74) is 13.9. The molecule has 0 saturated carbocycles. The number of benzene rings is 8. The van der Waals surface area contributed by atoms with Gasteiger partial charge in [-0.2, -0.15) is 0 Å². The number of hydrogen-bond donors (Lipinski definition) is 2. The van der Waals surface area contributed by atoms with Crippen LogP contribution in [0.4, 0.5) is 8.78 Å². The van der Waals surface area contributed by atoms with Gasteiger partial charge in [0.05, 0.1) is 46.7 Å². The van der Waals surface area contributed by atoms with Crippen molar-refractivity contribution in [2.45, 2.75) is 237 Å². The van der Waals surface area contributed by atoms with Crippen LogP contribution in [0.3, 0.4) is 0 Å². The Morgan fingerprint density at radius 1 is 0.344 bits per heavy atom. The molecule has 0 aliphatic carbocycles. The minimum atomic E-state index is -0.410. The van der Waals surface area contributed by atoms with Crippen LogP contribution in [-0.2, 0) is 45.3 Å². The molecular formula is C88H110F2N2O4. The van der Waals surface area contributed by atoms with Crippen molar-refractivity contribution in [3.63, 3.8) is 0 Å². The van der Waals surface area contributed by atoms with Gasteiger partial charge in [-0.3, -0.25) is 0 Å². The molecule has 96 heavy (non-hydrogen) atoms. The van der Waals surface area contributed by atoms with Crippen molar-refractivity contribution in [1.29, 1.82) is 0 Å². The highest BCUT2D eigenvalue weighted by atomic mass is 19.1. The molecule has 0 saturated heterocycles. The van der Waals surface area contributed by atoms with Gasteiger partial charge in [0.25, 0.3) is 0 Å². The van der Waals surface area contributed by atoms with E-state index in [-0.39, 0.29) is 68.0 Å². The third-order valence-electron chi connectivity index (χ3n) is 19.8. The summed E-state index contributed by atoms with van der Waals surface area (Å²) in [6.07, 6.45) is 3.80. The van der Waals surface area contributed by atoms with Crippen molar-refractivity contribution in [3.05, 3.63) is 177 Å². The second kappa shape index (κ2) is 25.4. The lowest BCUT2D eigenvalue weighted by Gasteiger charge is -2.34. The average Bonchev–Trinajstić information content (AvgIpc) is 1.55. The number of hydrogen-bond acceptors (Lipinski definition) is 4. The molecule has 0 atom stereocenters. The van der Waals surface area contributed by atoms with Gasteiger partial charge in [0.2, 0.25) is 0 Å². The Balaban J connectivity index is 1.05. The smallest absolute Gasteiger partial charge is 0.147 e. The number of nitrogens with zero attached hydrogens (tertiary/aromatic N) is 2. The number of halogens is 2. The molecule has 2 aromatic heterocycles. The molecule has 0 spiro atoms. The van der Waals surface area contributed by atoms with Crippen molar-refractivity contribution in [1.82, 2.24) is 9.13 Å². The second-order valence-corrected chi connectivity index (χ2v) is 35.6. The van der Waals surface area contributed by atoms with Crippen LogP contribution < -0.4 is 9.47 Å². The fourth-order valence-electron chi connectivity index (χ4n) is 15.2. The van der Waals surface area contributed by atoms with Crippen LogP contribution in [0.5, 0.6) is 23.0 Å². The Morgan fingerprint density at radius 3 is 0.875 bits per heavy atom. The van der Waals surface area contributed by atoms with Crippen LogP contribution in [0.15, 0.2) is 121 Å². The lowest BCUT2D eigenvalue weighted by molar-refractivity contribution is 0.265. The first-order valence-corrected chi connectivity index (χ1v) is 35.3. The summed E-state index contributed by atoms with van der Waals surface area (Å²) in [5, 5.41) is 30.9. The van der Waals surface area contributed by atoms with Crippen LogP contribution in [0.2, 0.25) is 0 Å². The van der Waals surface area contributed by atoms with Gasteiger partial charge in [-0.1, -0.05) is 215 Å². The Labute approximate surface area is 573 Å². The highest BCUT2D eigenvalue weighted by Crippen LogP contribution is 2.52. The fourth-order valence-corrected chi connectivity index (χ4v) is 15.2. The van der Waals surface area contributed by atoms with E-state index in [1.54, 1.807) is 12.1 Å². The fraction of sp³-hybridized carbons (Fsp3) is 0.455. The molecule has 10 aromatic rings. The average molecular weight is 1300 g/mol. The van der Waals surface area contributed by atoms with Crippen LogP contribution in [0, 0.1) is 22.5 Å². The van der Waals surface area contributed by atoms with Crippen molar-refractivity contribution in [2.75, 3.05) is 13.2 Å². The zero-order chi connectivity index (χ0) is 70.5. The van der Waals surface area contributed by atoms with Crippen molar-refractivity contribution < 1.29 is 28.5 Å². The zero-order valence-corrected chi connectivity index (χ0v) is 62.6. The molecule has 2 N–H and O–H groups in total. The number of rotatable bonds is 17. The molecular weight excluding hydrogens is 1190 g/mol. The topological polar surface area (TPSA) is 68.8 Å². The molecule has 0 aliphatic heterocycles. The number of phenols is 2. The molecule has 8 aromatic carbocycles. The standard InChI is InChI=1S/C88H110F2N2O4/c1-25-53-39-61(89)49-69(67-41-59(87(21,22)51-81(3,4)5)47-75(77(67)93)91-71-43-55(83(9,10)11)29-33-63(71)64-34-30-56(44-72(64)91)84(12,13)14)79(53)95-37-27-28-38-96-80-54(26-2)40-62(90)50-70(80)68-42-60(88(23,24)52-82(6,7)8)48-76(78(68)94)92-73-45-57(85(15,16)17)31-35-65(73)66-36-32-58(46-74(66)92)86(18,19)20/h29-36,39-50,93-94H,25-28,37-38,51-52H2,1-24H3. The van der Waals surface area contributed by atoms with Crippen LogP contribution in [-0.4, -0.2) is 32.6 Å². The Kier molecular flexibility index (Phi) is 18.8. The maximum Gasteiger partial charge on any atom is 0.147 e. The summed E-state index contributed by atoms with van der Waals surface area (Å²) in [7, 11) is 0. The summed E-state index contributed by atoms with van der Waals surface area (Å²) < 4.78 is 51.3. The normalized spacial score (nSPS) is 13.3. The molecule has 8 heteroatoms. The van der Waals surface area contributed by atoms with Crippen LogP contribution in [0.1, 0.15) is 236 Å². The van der Waals surface area contributed by atoms with Crippen molar-refractivity contribution in [2.24, 2.45) is 10.8 Å². The SMILES string of the molecule is CCc1cc(F)cc(-c2cc(C(C)(C)CC(C)(C)C)cc(-n3c4cc(C(C)(C)C)ccc4c4ccc(C(C)(C)C)cc43)c2O)c1OCCCCOc1c(CC)cc(F)cc1-c1cc(C(C)(C)CC(C)(C)C)cc(-n2c3cc(C(C)(C)C)ccc3c3ccc(C(C)(C)C)cc32)c1O. The van der Waals surface area contributed by atoms with Crippen LogP contribution >= 0.6 is 0 Å². The minimum Gasteiger partial charge on any atom is -0.505 e. The van der Waals surface area contributed by atoms with Gasteiger partial charge in [0, 0.05) is 43.8 Å². The molecule has 510 valence electrons. The van der Waals surface area contributed by atoms with Crippen molar-refractivity contribution >= 4 is 43.6 Å². The minimum absolute atomic E-state index is 0.0394. The van der Waals surface area contributed by atoms with Gasteiger partial charge < -0.3 is 28.8 Å². The van der Waals surface area contributed by atoms with Crippen molar-refractivity contribution in [3.8, 4) is 56.6 Å². The molecule has 6 nitrogen and oxygen atoms in total. The lowest BCUT2D eigenvalue weighted by atomic mass is 9.71. The summed E-state index contributed by atoms with van der Waals surface area (Å²) in [6, 6.07) is 41.5. The third kappa shape index (κ3) is 14.4.